The van der Waals surface area contributed by atoms with Crippen LogP contribution in [-0.2, 0) is 10.0 Å². The molecule has 0 unspecified atom stereocenters. The van der Waals surface area contributed by atoms with Gasteiger partial charge in [0.1, 0.15) is 0 Å². The zero-order valence-electron chi connectivity index (χ0n) is 13.0. The summed E-state index contributed by atoms with van der Waals surface area (Å²) in [5.41, 5.74) is 4.97. The molecule has 0 aliphatic rings. The first-order valence-electron chi connectivity index (χ1n) is 6.45. The van der Waals surface area contributed by atoms with Crippen molar-refractivity contribution in [2.24, 2.45) is 0 Å². The standard InChI is InChI=1S/C14H24N2O2S.ClH/c1-9-10(2)12(4)14(13(5)11(9)3)19(17,18)16-8-7-15-6;/h15-16H,7-8H2,1-6H3;1H. The van der Waals surface area contributed by atoms with Gasteiger partial charge in [0.05, 0.1) is 4.90 Å². The predicted octanol–water partition coefficient (Wildman–Crippen LogP) is 2.15. The lowest BCUT2D eigenvalue weighted by atomic mass is 9.95. The van der Waals surface area contributed by atoms with E-state index in [0.29, 0.717) is 18.0 Å². The van der Waals surface area contributed by atoms with Gasteiger partial charge in [0.2, 0.25) is 10.0 Å². The SMILES string of the molecule is CNCCNS(=O)(=O)c1c(C)c(C)c(C)c(C)c1C.Cl. The fraction of sp³-hybridized carbons (Fsp3) is 0.571. The van der Waals surface area contributed by atoms with Crippen LogP contribution in [0.4, 0.5) is 0 Å². The Morgan fingerprint density at radius 3 is 1.60 bits per heavy atom. The maximum Gasteiger partial charge on any atom is 0.241 e. The highest BCUT2D eigenvalue weighted by atomic mass is 35.5. The minimum atomic E-state index is -3.45. The van der Waals surface area contributed by atoms with E-state index >= 15 is 0 Å². The molecule has 0 spiro atoms. The number of rotatable bonds is 5. The Morgan fingerprint density at radius 2 is 1.20 bits per heavy atom. The topological polar surface area (TPSA) is 58.2 Å². The maximum atomic E-state index is 12.4. The largest absolute Gasteiger partial charge is 0.318 e. The first-order chi connectivity index (χ1) is 8.74. The lowest BCUT2D eigenvalue weighted by Crippen LogP contribution is -2.31. The Kier molecular flexibility index (Phi) is 7.18. The molecule has 0 aromatic heterocycles. The Bertz CT molecular complexity index is 554. The van der Waals surface area contributed by atoms with Gasteiger partial charge in [-0.25, -0.2) is 13.1 Å². The molecule has 0 amide bonds. The van der Waals surface area contributed by atoms with E-state index < -0.39 is 10.0 Å². The minimum absolute atomic E-state index is 0. The fourth-order valence-corrected chi connectivity index (χ4v) is 3.88. The molecule has 0 bridgehead atoms. The fourth-order valence-electron chi connectivity index (χ4n) is 2.25. The van der Waals surface area contributed by atoms with E-state index in [1.165, 1.54) is 5.56 Å². The Morgan fingerprint density at radius 1 is 0.800 bits per heavy atom. The molecule has 1 aromatic rings. The van der Waals surface area contributed by atoms with E-state index in [2.05, 4.69) is 10.0 Å². The van der Waals surface area contributed by atoms with E-state index in [1.54, 1.807) is 7.05 Å². The molecule has 0 radical (unpaired) electrons. The van der Waals surface area contributed by atoms with Crippen molar-refractivity contribution < 1.29 is 8.42 Å². The third-order valence-electron chi connectivity index (χ3n) is 3.87. The number of benzene rings is 1. The van der Waals surface area contributed by atoms with Crippen LogP contribution in [-0.4, -0.2) is 28.6 Å². The number of likely N-dealkylation sites (N-methyl/N-ethyl adjacent to an activating group) is 1. The van der Waals surface area contributed by atoms with Crippen LogP contribution in [0.3, 0.4) is 0 Å². The molecule has 0 fully saturated rings. The number of halogens is 1. The normalized spacial score (nSPS) is 11.3. The van der Waals surface area contributed by atoms with Gasteiger partial charge in [0, 0.05) is 13.1 Å². The van der Waals surface area contributed by atoms with Crippen molar-refractivity contribution in [1.82, 2.24) is 10.0 Å². The van der Waals surface area contributed by atoms with Crippen molar-refractivity contribution >= 4 is 22.4 Å². The van der Waals surface area contributed by atoms with Crippen LogP contribution in [0.25, 0.3) is 0 Å². The van der Waals surface area contributed by atoms with Crippen molar-refractivity contribution in [3.63, 3.8) is 0 Å². The van der Waals surface area contributed by atoms with Crippen molar-refractivity contribution in [3.8, 4) is 0 Å². The molecule has 20 heavy (non-hydrogen) atoms. The maximum absolute atomic E-state index is 12.4. The highest BCUT2D eigenvalue weighted by molar-refractivity contribution is 7.89. The van der Waals surface area contributed by atoms with Crippen LogP contribution in [0, 0.1) is 34.6 Å². The molecule has 6 heteroatoms. The summed E-state index contributed by atoms with van der Waals surface area (Å²) in [7, 11) is -1.65. The van der Waals surface area contributed by atoms with Crippen LogP contribution in [0.5, 0.6) is 0 Å². The first-order valence-corrected chi connectivity index (χ1v) is 7.93. The summed E-state index contributed by atoms with van der Waals surface area (Å²) in [4.78, 5) is 0.434. The molecule has 0 atom stereocenters. The lowest BCUT2D eigenvalue weighted by molar-refractivity contribution is 0.578. The summed E-state index contributed by atoms with van der Waals surface area (Å²) >= 11 is 0. The summed E-state index contributed by atoms with van der Waals surface area (Å²) in [6.07, 6.45) is 0. The highest BCUT2D eigenvalue weighted by Gasteiger charge is 2.22. The van der Waals surface area contributed by atoms with Crippen LogP contribution >= 0.6 is 12.4 Å². The Hall–Kier alpha value is -0.620. The van der Waals surface area contributed by atoms with Gasteiger partial charge in [0.25, 0.3) is 0 Å². The second-order valence-electron chi connectivity index (χ2n) is 4.96. The molecule has 0 saturated carbocycles. The van der Waals surface area contributed by atoms with E-state index in [4.69, 9.17) is 0 Å². The molecule has 1 rings (SSSR count). The Balaban J connectivity index is 0.00000361. The molecule has 1 aromatic carbocycles. The smallest absolute Gasteiger partial charge is 0.241 e. The molecular formula is C14H25ClN2O2S. The molecule has 0 heterocycles. The van der Waals surface area contributed by atoms with E-state index in [-0.39, 0.29) is 12.4 Å². The van der Waals surface area contributed by atoms with Gasteiger partial charge >= 0.3 is 0 Å². The Labute approximate surface area is 128 Å². The minimum Gasteiger partial charge on any atom is -0.318 e. The molecule has 2 N–H and O–H groups in total. The van der Waals surface area contributed by atoms with Gasteiger partial charge < -0.3 is 5.32 Å². The number of hydrogen-bond acceptors (Lipinski definition) is 3. The van der Waals surface area contributed by atoms with Gasteiger partial charge in [-0.05, 0) is 69.5 Å². The van der Waals surface area contributed by atoms with Crippen LogP contribution in [0.1, 0.15) is 27.8 Å². The van der Waals surface area contributed by atoms with Gasteiger partial charge in [-0.1, -0.05) is 0 Å². The lowest BCUT2D eigenvalue weighted by Gasteiger charge is -2.19. The summed E-state index contributed by atoms with van der Waals surface area (Å²) in [5.74, 6) is 0. The number of hydrogen-bond donors (Lipinski definition) is 2. The van der Waals surface area contributed by atoms with E-state index in [0.717, 1.165) is 22.3 Å². The third kappa shape index (κ3) is 3.73. The zero-order chi connectivity index (χ0) is 14.8. The molecule has 4 nitrogen and oxygen atoms in total. The zero-order valence-corrected chi connectivity index (χ0v) is 14.7. The highest BCUT2D eigenvalue weighted by Crippen LogP contribution is 2.29. The molecular weight excluding hydrogens is 296 g/mol. The van der Waals surface area contributed by atoms with Gasteiger partial charge in [0.15, 0.2) is 0 Å². The van der Waals surface area contributed by atoms with Crippen molar-refractivity contribution in [2.75, 3.05) is 20.1 Å². The average Bonchev–Trinajstić information content (AvgIpc) is 2.34. The third-order valence-corrected chi connectivity index (χ3v) is 5.60. The van der Waals surface area contributed by atoms with Crippen molar-refractivity contribution in [3.05, 3.63) is 27.8 Å². The van der Waals surface area contributed by atoms with Crippen LogP contribution < -0.4 is 10.0 Å². The average molecular weight is 321 g/mol. The summed E-state index contributed by atoms with van der Waals surface area (Å²) in [5, 5.41) is 2.93. The summed E-state index contributed by atoms with van der Waals surface area (Å²) in [6.45, 7) is 10.7. The van der Waals surface area contributed by atoms with E-state index in [1.807, 2.05) is 34.6 Å². The van der Waals surface area contributed by atoms with Gasteiger partial charge in [-0.15, -0.1) is 12.4 Å². The summed E-state index contributed by atoms with van der Waals surface area (Å²) < 4.78 is 27.5. The van der Waals surface area contributed by atoms with Crippen LogP contribution in [0.2, 0.25) is 0 Å². The van der Waals surface area contributed by atoms with E-state index in [9.17, 15) is 8.42 Å². The van der Waals surface area contributed by atoms with Crippen molar-refractivity contribution in [2.45, 2.75) is 39.5 Å². The number of nitrogens with one attached hydrogen (secondary N) is 2. The predicted molar refractivity (Wildman–Crippen MR) is 86.5 cm³/mol. The van der Waals surface area contributed by atoms with Crippen LogP contribution in [0.15, 0.2) is 4.90 Å². The van der Waals surface area contributed by atoms with Gasteiger partial charge in [-0.3, -0.25) is 0 Å². The van der Waals surface area contributed by atoms with Crippen molar-refractivity contribution in [1.29, 1.82) is 0 Å². The quantitative estimate of drug-likeness (QED) is 0.817. The molecule has 116 valence electrons. The first kappa shape index (κ1) is 19.4. The number of sulfonamides is 1. The molecule has 0 saturated heterocycles. The second kappa shape index (κ2) is 7.41. The summed E-state index contributed by atoms with van der Waals surface area (Å²) in [6, 6.07) is 0. The molecule has 0 aliphatic carbocycles. The van der Waals surface area contributed by atoms with Gasteiger partial charge in [-0.2, -0.15) is 0 Å². The monoisotopic (exact) mass is 320 g/mol. The second-order valence-corrected chi connectivity index (χ2v) is 6.66. The molecule has 0 aliphatic heterocycles.